The second-order valence-corrected chi connectivity index (χ2v) is 6.14. The van der Waals surface area contributed by atoms with Crippen LogP contribution in [0.4, 0.5) is 0 Å². The first-order valence-corrected chi connectivity index (χ1v) is 9.00. The van der Waals surface area contributed by atoms with Gasteiger partial charge in [0.25, 0.3) is 5.91 Å². The molecule has 0 bridgehead atoms. The maximum absolute atomic E-state index is 11.4. The molecule has 1 amide bonds. The Hall–Kier alpha value is -1.68. The van der Waals surface area contributed by atoms with E-state index in [1.807, 2.05) is 13.8 Å². The number of hydrogen-bond acceptors (Lipinski definition) is 7. The number of ether oxygens (including phenoxy) is 1. The summed E-state index contributed by atoms with van der Waals surface area (Å²) in [5.41, 5.74) is 5.57. The van der Waals surface area contributed by atoms with Crippen LogP contribution in [-0.2, 0) is 19.1 Å². The lowest BCUT2D eigenvalue weighted by atomic mass is 10.00. The maximum atomic E-state index is 11.4. The zero-order valence-electron chi connectivity index (χ0n) is 16.8. The summed E-state index contributed by atoms with van der Waals surface area (Å²) < 4.78 is 4.64. The third-order valence-corrected chi connectivity index (χ3v) is 3.60. The highest BCUT2D eigenvalue weighted by molar-refractivity contribution is 5.85. The number of aliphatic hydroxyl groups is 2. The molecule has 10 heteroatoms. The summed E-state index contributed by atoms with van der Waals surface area (Å²) in [6, 6.07) is -0.621. The third kappa shape index (κ3) is 15.4. The zero-order valence-corrected chi connectivity index (χ0v) is 17.6. The number of nitrogens with two attached hydrogens (primary N) is 1. The molecule has 0 rings (SSSR count). The molecule has 28 heavy (non-hydrogen) atoms. The molecule has 0 aromatic heterocycles. The van der Waals surface area contributed by atoms with E-state index in [0.717, 1.165) is 19.3 Å². The lowest BCUT2D eigenvalue weighted by Gasteiger charge is -2.17. The van der Waals surface area contributed by atoms with Gasteiger partial charge in [0.2, 0.25) is 0 Å². The van der Waals surface area contributed by atoms with Crippen molar-refractivity contribution in [2.75, 3.05) is 13.2 Å². The Morgan fingerprint density at radius 1 is 1.14 bits per heavy atom. The first kappa shape index (κ1) is 31.0. The molecule has 4 unspecified atom stereocenters. The molecule has 4 atom stereocenters. The highest BCUT2D eigenvalue weighted by Gasteiger charge is 2.22. The summed E-state index contributed by atoms with van der Waals surface area (Å²) in [5, 5.41) is 29.0. The average molecular weight is 427 g/mol. The molecule has 0 aliphatic heterocycles. The summed E-state index contributed by atoms with van der Waals surface area (Å²) in [6.07, 6.45) is 1.90. The van der Waals surface area contributed by atoms with Crippen LogP contribution in [-0.4, -0.2) is 64.6 Å². The van der Waals surface area contributed by atoms with Gasteiger partial charge in [-0.3, -0.25) is 9.59 Å². The summed E-state index contributed by atoms with van der Waals surface area (Å²) in [4.78, 5) is 32.6. The van der Waals surface area contributed by atoms with Crippen molar-refractivity contribution in [1.29, 1.82) is 0 Å². The zero-order chi connectivity index (χ0) is 21.4. The van der Waals surface area contributed by atoms with Gasteiger partial charge < -0.3 is 31.1 Å². The van der Waals surface area contributed by atoms with E-state index < -0.39 is 36.1 Å². The molecule has 0 aliphatic rings. The number of carboxylic acids is 1. The fourth-order valence-electron chi connectivity index (χ4n) is 2.01. The van der Waals surface area contributed by atoms with Crippen LogP contribution in [0.3, 0.4) is 0 Å². The van der Waals surface area contributed by atoms with Crippen LogP contribution < -0.4 is 11.1 Å². The number of carbonyl (C=O) groups is 3. The Morgan fingerprint density at radius 2 is 1.68 bits per heavy atom. The van der Waals surface area contributed by atoms with E-state index in [-0.39, 0.29) is 31.5 Å². The number of esters is 1. The molecular formula is C18H35ClN2O7. The SMILES string of the molecule is C=CCOC(=O)CNC(=O)C(O)C(N)CCC.CCCC(C)C(O)C(=O)O.Cl. The summed E-state index contributed by atoms with van der Waals surface area (Å²) in [7, 11) is 0. The van der Waals surface area contributed by atoms with E-state index in [0.29, 0.717) is 6.42 Å². The minimum absolute atomic E-state index is 0. The smallest absolute Gasteiger partial charge is 0.332 e. The van der Waals surface area contributed by atoms with Crippen molar-refractivity contribution in [3.63, 3.8) is 0 Å². The molecule has 166 valence electrons. The third-order valence-electron chi connectivity index (χ3n) is 3.60. The molecule has 0 aliphatic carbocycles. The number of aliphatic hydroxyl groups excluding tert-OH is 2. The van der Waals surface area contributed by atoms with Gasteiger partial charge in [-0.2, -0.15) is 0 Å². The number of hydrogen-bond donors (Lipinski definition) is 5. The minimum Gasteiger partial charge on any atom is -0.479 e. The van der Waals surface area contributed by atoms with E-state index in [9.17, 15) is 19.5 Å². The summed E-state index contributed by atoms with van der Waals surface area (Å²) >= 11 is 0. The van der Waals surface area contributed by atoms with Gasteiger partial charge in [0.15, 0.2) is 6.10 Å². The predicted octanol–water partition coefficient (Wildman–Crippen LogP) is 0.610. The van der Waals surface area contributed by atoms with Crippen molar-refractivity contribution in [1.82, 2.24) is 5.32 Å². The van der Waals surface area contributed by atoms with Gasteiger partial charge in [0.05, 0.1) is 0 Å². The Balaban J connectivity index is -0.000000489. The molecule has 0 fully saturated rings. The molecular weight excluding hydrogens is 392 g/mol. The van der Waals surface area contributed by atoms with E-state index in [2.05, 4.69) is 16.6 Å². The fourth-order valence-corrected chi connectivity index (χ4v) is 2.01. The normalized spacial score (nSPS) is 14.1. The Labute approximate surface area is 172 Å². The van der Waals surface area contributed by atoms with Crippen LogP contribution in [0.2, 0.25) is 0 Å². The molecule has 0 saturated heterocycles. The van der Waals surface area contributed by atoms with Crippen LogP contribution in [0.25, 0.3) is 0 Å². The van der Waals surface area contributed by atoms with Crippen molar-refractivity contribution in [3.8, 4) is 0 Å². The maximum Gasteiger partial charge on any atom is 0.332 e. The van der Waals surface area contributed by atoms with E-state index in [4.69, 9.17) is 15.9 Å². The number of nitrogens with one attached hydrogen (secondary N) is 1. The van der Waals surface area contributed by atoms with Gasteiger partial charge in [0, 0.05) is 6.04 Å². The molecule has 9 nitrogen and oxygen atoms in total. The number of carboxylic acid groups (broad SMARTS) is 1. The van der Waals surface area contributed by atoms with Crippen LogP contribution in [0.15, 0.2) is 12.7 Å². The Kier molecular flexibility index (Phi) is 20.7. The monoisotopic (exact) mass is 426 g/mol. The highest BCUT2D eigenvalue weighted by atomic mass is 35.5. The number of aliphatic carboxylic acids is 1. The van der Waals surface area contributed by atoms with Gasteiger partial charge in [-0.05, 0) is 18.8 Å². The Morgan fingerprint density at radius 3 is 2.11 bits per heavy atom. The number of halogens is 1. The lowest BCUT2D eigenvalue weighted by Crippen LogP contribution is -2.47. The summed E-state index contributed by atoms with van der Waals surface area (Å²) in [6.45, 7) is 8.78. The van der Waals surface area contributed by atoms with Crippen molar-refractivity contribution < 1.29 is 34.4 Å². The number of carbonyl (C=O) groups excluding carboxylic acids is 2. The van der Waals surface area contributed by atoms with Gasteiger partial charge >= 0.3 is 11.9 Å². The van der Waals surface area contributed by atoms with E-state index in [1.54, 1.807) is 6.92 Å². The van der Waals surface area contributed by atoms with E-state index in [1.165, 1.54) is 6.08 Å². The fraction of sp³-hybridized carbons (Fsp3) is 0.722. The van der Waals surface area contributed by atoms with Crippen molar-refractivity contribution in [2.24, 2.45) is 11.7 Å². The largest absolute Gasteiger partial charge is 0.479 e. The molecule has 0 spiro atoms. The molecule has 0 saturated carbocycles. The molecule has 0 aromatic rings. The van der Waals surface area contributed by atoms with Crippen LogP contribution >= 0.6 is 12.4 Å². The van der Waals surface area contributed by atoms with Crippen LogP contribution in [0.5, 0.6) is 0 Å². The van der Waals surface area contributed by atoms with Gasteiger partial charge in [0.1, 0.15) is 19.3 Å². The Bertz CT molecular complexity index is 463. The first-order valence-electron chi connectivity index (χ1n) is 9.00. The molecule has 0 aromatic carbocycles. The number of amides is 1. The predicted molar refractivity (Wildman–Crippen MR) is 108 cm³/mol. The van der Waals surface area contributed by atoms with Crippen molar-refractivity contribution in [3.05, 3.63) is 12.7 Å². The van der Waals surface area contributed by atoms with Gasteiger partial charge in [-0.15, -0.1) is 12.4 Å². The quantitative estimate of drug-likeness (QED) is 0.224. The van der Waals surface area contributed by atoms with Crippen molar-refractivity contribution in [2.45, 2.75) is 64.7 Å². The topological polar surface area (TPSA) is 159 Å². The van der Waals surface area contributed by atoms with Crippen molar-refractivity contribution >= 4 is 30.3 Å². The van der Waals surface area contributed by atoms with E-state index >= 15 is 0 Å². The lowest BCUT2D eigenvalue weighted by molar-refractivity contribution is -0.149. The standard InChI is InChI=1S/C11H20N2O4.C7H14O3.ClH/c1-3-5-8(12)10(15)11(16)13-7-9(14)17-6-4-2;1-3-4-5(2)6(8)7(9)10;/h4,8,10,15H,2-3,5-7,12H2,1H3,(H,13,16);5-6,8H,3-4H2,1-2H3,(H,9,10);1H. The minimum atomic E-state index is -1.30. The molecule has 0 radical (unpaired) electrons. The summed E-state index contributed by atoms with van der Waals surface area (Å²) in [5.74, 6) is -2.51. The van der Waals surface area contributed by atoms with Gasteiger partial charge in [-0.25, -0.2) is 4.79 Å². The van der Waals surface area contributed by atoms with Crippen LogP contribution in [0.1, 0.15) is 46.5 Å². The number of rotatable bonds is 12. The van der Waals surface area contributed by atoms with Gasteiger partial charge in [-0.1, -0.05) is 46.3 Å². The van der Waals surface area contributed by atoms with Crippen LogP contribution in [0, 0.1) is 5.92 Å². The highest BCUT2D eigenvalue weighted by Crippen LogP contribution is 2.09. The second-order valence-electron chi connectivity index (χ2n) is 6.14. The molecule has 0 heterocycles. The first-order chi connectivity index (χ1) is 12.6. The second kappa shape index (κ2) is 18.7. The molecule has 6 N–H and O–H groups in total. The average Bonchev–Trinajstić information content (AvgIpc) is 2.63.